The summed E-state index contributed by atoms with van der Waals surface area (Å²) in [5.41, 5.74) is 4.91. The van der Waals surface area contributed by atoms with E-state index in [0.29, 0.717) is 19.7 Å². The van der Waals surface area contributed by atoms with Crippen molar-refractivity contribution in [2.24, 2.45) is 4.99 Å². The molecule has 0 atom stereocenters. The normalized spacial score (nSPS) is 14.8. The van der Waals surface area contributed by atoms with Gasteiger partial charge in [0.15, 0.2) is 0 Å². The van der Waals surface area contributed by atoms with Crippen LogP contribution in [0.15, 0.2) is 65.2 Å². The fourth-order valence-electron chi connectivity index (χ4n) is 3.24. The van der Waals surface area contributed by atoms with Crippen LogP contribution in [0.25, 0.3) is 0 Å². The molecule has 0 bridgehead atoms. The molecule has 1 fully saturated rings. The van der Waals surface area contributed by atoms with E-state index in [0.717, 1.165) is 43.8 Å². The smallest absolute Gasteiger partial charge is 0.410 e. The largest absolute Gasteiger partial charge is 0.448 e. The van der Waals surface area contributed by atoms with Crippen LogP contribution in [-0.4, -0.2) is 54.9 Å². The summed E-state index contributed by atoms with van der Waals surface area (Å²) in [4.78, 5) is 20.0. The van der Waals surface area contributed by atoms with Crippen molar-refractivity contribution in [1.29, 1.82) is 0 Å². The van der Waals surface area contributed by atoms with Gasteiger partial charge in [0.25, 0.3) is 0 Å². The molecular weight excluding hydrogens is 410 g/mol. The second-order valence-electron chi connectivity index (χ2n) is 8.17. The third-order valence-electron chi connectivity index (χ3n) is 4.85. The van der Waals surface area contributed by atoms with Gasteiger partial charge in [-0.1, -0.05) is 74.9 Å². The van der Waals surface area contributed by atoms with Gasteiger partial charge in [0.2, 0.25) is 0 Å². The molecule has 182 valence electrons. The minimum Gasteiger partial charge on any atom is -0.448 e. The monoisotopic (exact) mass is 453 g/mol. The molecule has 0 aromatic heterocycles. The van der Waals surface area contributed by atoms with Gasteiger partial charge in [-0.25, -0.2) is 4.79 Å². The van der Waals surface area contributed by atoms with E-state index in [2.05, 4.69) is 92.4 Å². The van der Waals surface area contributed by atoms with Crippen LogP contribution in [0.3, 0.4) is 0 Å². The Labute approximate surface area is 201 Å². The lowest BCUT2D eigenvalue weighted by Crippen LogP contribution is -2.25. The lowest BCUT2D eigenvalue weighted by molar-refractivity contribution is 0.157. The highest BCUT2D eigenvalue weighted by molar-refractivity contribution is 5.97. The number of amides is 1. The SMILES string of the molecule is CC.CC/C=C\C=C(C)C.CN(CC1=NCCC=C1)Cc1ccc(CN2CCOC2=O)cc1. The first-order chi connectivity index (χ1) is 16.0. The Hall–Kier alpha value is -2.66. The van der Waals surface area contributed by atoms with Crippen LogP contribution in [0.1, 0.15) is 58.6 Å². The maximum atomic E-state index is 11.5. The number of hydrogen-bond donors (Lipinski definition) is 0. The van der Waals surface area contributed by atoms with Gasteiger partial charge in [0.05, 0.1) is 6.54 Å². The van der Waals surface area contributed by atoms with Crippen LogP contribution < -0.4 is 0 Å². The summed E-state index contributed by atoms with van der Waals surface area (Å²) in [6.45, 7) is 14.8. The molecule has 1 amide bonds. The third kappa shape index (κ3) is 12.2. The van der Waals surface area contributed by atoms with E-state index in [1.54, 1.807) is 4.90 Å². The Morgan fingerprint density at radius 3 is 2.39 bits per heavy atom. The van der Waals surface area contributed by atoms with Crippen LogP contribution in [0.5, 0.6) is 0 Å². The topological polar surface area (TPSA) is 45.1 Å². The molecule has 0 aliphatic carbocycles. The Balaban J connectivity index is 0.000000464. The zero-order valence-electron chi connectivity index (χ0n) is 21.5. The molecule has 5 heteroatoms. The highest BCUT2D eigenvalue weighted by Crippen LogP contribution is 2.13. The zero-order valence-corrected chi connectivity index (χ0v) is 21.5. The number of hydrogen-bond acceptors (Lipinski definition) is 4. The fourth-order valence-corrected chi connectivity index (χ4v) is 3.24. The lowest BCUT2D eigenvalue weighted by Gasteiger charge is -2.18. The Morgan fingerprint density at radius 1 is 1.15 bits per heavy atom. The van der Waals surface area contributed by atoms with Crippen LogP contribution in [0.4, 0.5) is 4.79 Å². The summed E-state index contributed by atoms with van der Waals surface area (Å²) >= 11 is 0. The van der Waals surface area contributed by atoms with E-state index in [4.69, 9.17) is 4.74 Å². The van der Waals surface area contributed by atoms with Gasteiger partial charge < -0.3 is 9.64 Å². The third-order valence-corrected chi connectivity index (χ3v) is 4.85. The first-order valence-corrected chi connectivity index (χ1v) is 12.2. The Bertz CT molecular complexity index is 803. The second-order valence-corrected chi connectivity index (χ2v) is 8.17. The first kappa shape index (κ1) is 28.4. The minimum atomic E-state index is -0.213. The van der Waals surface area contributed by atoms with Crippen molar-refractivity contribution in [1.82, 2.24) is 9.80 Å². The maximum absolute atomic E-state index is 11.5. The van der Waals surface area contributed by atoms with Gasteiger partial charge in [-0.3, -0.25) is 9.89 Å². The molecule has 5 nitrogen and oxygen atoms in total. The summed E-state index contributed by atoms with van der Waals surface area (Å²) in [7, 11) is 2.11. The van der Waals surface area contributed by atoms with Crippen LogP contribution >= 0.6 is 0 Å². The Morgan fingerprint density at radius 2 is 1.85 bits per heavy atom. The van der Waals surface area contributed by atoms with Crippen molar-refractivity contribution in [3.8, 4) is 0 Å². The number of cyclic esters (lactones) is 1. The van der Waals surface area contributed by atoms with E-state index in [9.17, 15) is 4.79 Å². The molecule has 1 saturated heterocycles. The number of ether oxygens (including phenoxy) is 1. The molecule has 0 unspecified atom stereocenters. The molecule has 3 rings (SSSR count). The number of benzene rings is 1. The predicted molar refractivity (Wildman–Crippen MR) is 141 cm³/mol. The fraction of sp³-hybridized carbons (Fsp3) is 0.500. The number of aliphatic imine (C=N–C) groups is 1. The second kappa shape index (κ2) is 16.9. The highest BCUT2D eigenvalue weighted by atomic mass is 16.6. The van der Waals surface area contributed by atoms with Gasteiger partial charge in [-0.15, -0.1) is 0 Å². The quantitative estimate of drug-likeness (QED) is 0.427. The maximum Gasteiger partial charge on any atom is 0.410 e. The van der Waals surface area contributed by atoms with E-state index in [-0.39, 0.29) is 6.09 Å². The molecule has 0 spiro atoms. The molecule has 0 saturated carbocycles. The molecule has 2 aliphatic rings. The van der Waals surface area contributed by atoms with Gasteiger partial charge in [0, 0.05) is 31.9 Å². The first-order valence-electron chi connectivity index (χ1n) is 12.2. The Kier molecular flexibility index (Phi) is 14.5. The highest BCUT2D eigenvalue weighted by Gasteiger charge is 2.21. The van der Waals surface area contributed by atoms with Gasteiger partial charge in [-0.2, -0.15) is 0 Å². The molecule has 2 aliphatic heterocycles. The molecule has 2 heterocycles. The van der Waals surface area contributed by atoms with Crippen molar-refractivity contribution < 1.29 is 9.53 Å². The summed E-state index contributed by atoms with van der Waals surface area (Å²) < 4.78 is 4.95. The van der Waals surface area contributed by atoms with Crippen molar-refractivity contribution in [2.45, 2.75) is 60.5 Å². The van der Waals surface area contributed by atoms with E-state index in [1.165, 1.54) is 11.1 Å². The summed E-state index contributed by atoms with van der Waals surface area (Å²) in [5.74, 6) is 0. The molecule has 0 N–H and O–H groups in total. The summed E-state index contributed by atoms with van der Waals surface area (Å²) in [6, 6.07) is 8.44. The predicted octanol–water partition coefficient (Wildman–Crippen LogP) is 6.42. The average molecular weight is 454 g/mol. The molecule has 1 aromatic rings. The number of carbonyl (C=O) groups excluding carboxylic acids is 1. The van der Waals surface area contributed by atoms with E-state index in [1.807, 2.05) is 13.8 Å². The van der Waals surface area contributed by atoms with Gasteiger partial charge in [0.1, 0.15) is 6.61 Å². The van der Waals surface area contributed by atoms with Crippen LogP contribution in [-0.2, 0) is 17.8 Å². The lowest BCUT2D eigenvalue weighted by atomic mass is 10.1. The number of dihydropyridines is 1. The van der Waals surface area contributed by atoms with Crippen LogP contribution in [0, 0.1) is 0 Å². The van der Waals surface area contributed by atoms with Gasteiger partial charge in [-0.05, 0) is 50.9 Å². The molecule has 1 aromatic carbocycles. The van der Waals surface area contributed by atoms with Crippen molar-refractivity contribution in [2.75, 3.05) is 33.3 Å². The number of allylic oxidation sites excluding steroid dienone is 4. The zero-order chi connectivity index (χ0) is 24.5. The standard InChI is InChI=1S/C18H23N3O2.C8H14.C2H6/c1-20(14-17-4-2-3-9-19-17)12-15-5-7-16(8-6-15)13-21-10-11-23-18(21)22;1-4-5-6-7-8(2)3;1-2/h2,4-8H,3,9-14H2,1H3;5-7H,4H2,1-3H3;1-2H3/b;6-5-;. The summed E-state index contributed by atoms with van der Waals surface area (Å²) in [6.07, 6.45) is 12.6. The van der Waals surface area contributed by atoms with E-state index < -0.39 is 0 Å². The van der Waals surface area contributed by atoms with Crippen LogP contribution in [0.2, 0.25) is 0 Å². The molecule has 33 heavy (non-hydrogen) atoms. The summed E-state index contributed by atoms with van der Waals surface area (Å²) in [5, 5.41) is 0. The van der Waals surface area contributed by atoms with Crippen molar-refractivity contribution in [3.63, 3.8) is 0 Å². The van der Waals surface area contributed by atoms with E-state index >= 15 is 0 Å². The number of rotatable bonds is 8. The number of carbonyl (C=O) groups is 1. The van der Waals surface area contributed by atoms with Gasteiger partial charge >= 0.3 is 6.09 Å². The minimum absolute atomic E-state index is 0.213. The number of nitrogens with zero attached hydrogens (tertiary/aromatic N) is 3. The van der Waals surface area contributed by atoms with Crippen molar-refractivity contribution in [3.05, 3.63) is 71.3 Å². The average Bonchev–Trinajstić information content (AvgIpc) is 3.22. The van der Waals surface area contributed by atoms with Crippen molar-refractivity contribution >= 4 is 11.8 Å². The molecular formula is C28H43N3O2. The molecule has 0 radical (unpaired) electrons.